The summed E-state index contributed by atoms with van der Waals surface area (Å²) in [4.78, 5) is 52.6. The zero-order valence-corrected chi connectivity index (χ0v) is 23.5. The number of benzene rings is 2. The second kappa shape index (κ2) is 11.6. The van der Waals surface area contributed by atoms with Crippen LogP contribution in [0.1, 0.15) is 0 Å². The van der Waals surface area contributed by atoms with E-state index in [1.165, 1.54) is 53.4 Å². The van der Waals surface area contributed by atoms with Crippen LogP contribution in [-0.4, -0.2) is 101 Å². The Morgan fingerprint density at radius 1 is 0.750 bits per heavy atom. The summed E-state index contributed by atoms with van der Waals surface area (Å²) in [5.74, 6) is -6.53. The summed E-state index contributed by atoms with van der Waals surface area (Å²) in [7, 11) is -4.00. The zero-order valence-electron chi connectivity index (χ0n) is 22.6. The van der Waals surface area contributed by atoms with E-state index in [0.29, 0.717) is 5.69 Å². The summed E-state index contributed by atoms with van der Waals surface area (Å²) in [6.45, 7) is -0.987. The lowest BCUT2D eigenvalue weighted by Crippen LogP contribution is -2.80. The molecule has 8 unspecified atom stereocenters. The van der Waals surface area contributed by atoms with Gasteiger partial charge in [0.15, 0.2) is 0 Å². The van der Waals surface area contributed by atoms with Crippen LogP contribution in [0.3, 0.4) is 0 Å². The van der Waals surface area contributed by atoms with Crippen LogP contribution >= 0.6 is 0 Å². The third kappa shape index (κ3) is 5.31. The van der Waals surface area contributed by atoms with Crippen LogP contribution in [0, 0.1) is 17.8 Å². The molecule has 236 valence electrons. The number of anilines is 2. The van der Waals surface area contributed by atoms with Gasteiger partial charge in [-0.15, -0.1) is 0 Å². The van der Waals surface area contributed by atoms with E-state index < -0.39 is 94.8 Å². The van der Waals surface area contributed by atoms with Crippen molar-refractivity contribution in [2.24, 2.45) is 17.8 Å². The van der Waals surface area contributed by atoms with E-state index in [1.54, 1.807) is 0 Å². The summed E-state index contributed by atoms with van der Waals surface area (Å²) in [6.07, 6.45) is -11.1. The standard InChI is InChI=1S/C26H30N6O11S/c27-10-1-5-12(6-2-10)44(42,43)13-7-3-11(4-8-13)32-21-16(23(38)30-25(40)28-21)15(17-22(32)29-26(41)31-24(17)39)19(36)20(37)18(35)14(34)9-33/h1-8,14-22,33-37H,9,27H2,(H2,28,30,38,40)(H2,29,31,39,41). The second-order valence-electron chi connectivity index (χ2n) is 10.6. The van der Waals surface area contributed by atoms with Gasteiger partial charge in [-0.3, -0.25) is 20.2 Å². The highest BCUT2D eigenvalue weighted by molar-refractivity contribution is 7.91. The van der Waals surface area contributed by atoms with Crippen molar-refractivity contribution in [2.75, 3.05) is 17.2 Å². The Kier molecular flexibility index (Phi) is 8.23. The first-order chi connectivity index (χ1) is 20.8. The van der Waals surface area contributed by atoms with Gasteiger partial charge in [-0.2, -0.15) is 0 Å². The average molecular weight is 635 g/mol. The van der Waals surface area contributed by atoms with Crippen molar-refractivity contribution in [3.05, 3.63) is 48.5 Å². The molecule has 3 heterocycles. The van der Waals surface area contributed by atoms with Gasteiger partial charge < -0.3 is 46.8 Å². The Morgan fingerprint density at radius 3 is 1.66 bits per heavy atom. The molecule has 6 amide bonds. The molecule has 0 aromatic heterocycles. The molecule has 0 saturated carbocycles. The molecule has 17 nitrogen and oxygen atoms in total. The number of amides is 6. The van der Waals surface area contributed by atoms with Crippen LogP contribution in [0.15, 0.2) is 58.3 Å². The fourth-order valence-electron chi connectivity index (χ4n) is 5.94. The lowest BCUT2D eigenvalue weighted by Gasteiger charge is -2.57. The molecule has 2 aromatic carbocycles. The van der Waals surface area contributed by atoms with Crippen LogP contribution in [0.4, 0.5) is 21.0 Å². The molecule has 0 radical (unpaired) electrons. The second-order valence-corrected chi connectivity index (χ2v) is 12.6. The third-order valence-electron chi connectivity index (χ3n) is 8.06. The molecule has 3 aliphatic rings. The molecule has 3 fully saturated rings. The largest absolute Gasteiger partial charge is 0.399 e. The van der Waals surface area contributed by atoms with Crippen LogP contribution in [0.5, 0.6) is 0 Å². The molecule has 2 aromatic rings. The van der Waals surface area contributed by atoms with E-state index in [4.69, 9.17) is 5.73 Å². The first-order valence-electron chi connectivity index (χ1n) is 13.3. The van der Waals surface area contributed by atoms with E-state index in [2.05, 4.69) is 10.6 Å². The van der Waals surface area contributed by atoms with E-state index in [-0.39, 0.29) is 15.5 Å². The SMILES string of the molecule is Nc1ccc(S(=O)(=O)c2ccc(N3C4NC(=O)NC(=O)C4C(C(O)C(O)C(O)C(O)CO)C4C(=O)NC(=O)NC43)cc2)cc1. The van der Waals surface area contributed by atoms with Crippen molar-refractivity contribution < 1.29 is 53.1 Å². The normalized spacial score (nSPS) is 27.8. The number of piperidine rings is 1. The number of hydrogen-bond donors (Lipinski definition) is 10. The molecule has 18 heteroatoms. The zero-order chi connectivity index (χ0) is 32.1. The fraction of sp³-hybridized carbons (Fsp3) is 0.385. The van der Waals surface area contributed by atoms with E-state index in [9.17, 15) is 53.1 Å². The van der Waals surface area contributed by atoms with Gasteiger partial charge in [0.2, 0.25) is 21.7 Å². The van der Waals surface area contributed by atoms with Crippen LogP contribution in [0.25, 0.3) is 0 Å². The number of aliphatic hydroxyl groups excluding tert-OH is 5. The number of fused-ring (bicyclic) bond motifs is 2. The highest BCUT2D eigenvalue weighted by atomic mass is 32.2. The number of carbonyl (C=O) groups excluding carboxylic acids is 4. The molecule has 0 aliphatic carbocycles. The van der Waals surface area contributed by atoms with Gasteiger partial charge in [-0.05, 0) is 48.5 Å². The maximum Gasteiger partial charge on any atom is 0.323 e. The molecule has 8 atom stereocenters. The van der Waals surface area contributed by atoms with Crippen molar-refractivity contribution >= 4 is 45.1 Å². The monoisotopic (exact) mass is 634 g/mol. The van der Waals surface area contributed by atoms with Gasteiger partial charge >= 0.3 is 12.1 Å². The van der Waals surface area contributed by atoms with Crippen LogP contribution in [0.2, 0.25) is 0 Å². The number of hydrogen-bond acceptors (Lipinski definition) is 13. The Bertz CT molecular complexity index is 1530. The first kappa shape index (κ1) is 31.1. The van der Waals surface area contributed by atoms with Crippen LogP contribution < -0.4 is 31.9 Å². The smallest absolute Gasteiger partial charge is 0.323 e. The Hall–Kier alpha value is -4.33. The molecule has 3 aliphatic heterocycles. The highest BCUT2D eigenvalue weighted by Gasteiger charge is 2.61. The molecular weight excluding hydrogens is 604 g/mol. The van der Waals surface area contributed by atoms with Crippen molar-refractivity contribution in [1.29, 1.82) is 0 Å². The number of aliphatic hydroxyl groups is 5. The third-order valence-corrected chi connectivity index (χ3v) is 9.84. The lowest BCUT2D eigenvalue weighted by atomic mass is 9.67. The quantitative estimate of drug-likeness (QED) is 0.127. The minimum atomic E-state index is -4.00. The number of carbonyl (C=O) groups is 4. The topological polar surface area (TPSA) is 281 Å². The van der Waals surface area contributed by atoms with Gasteiger partial charge in [-0.25, -0.2) is 18.0 Å². The highest BCUT2D eigenvalue weighted by Crippen LogP contribution is 2.43. The summed E-state index contributed by atoms with van der Waals surface area (Å²) < 4.78 is 26.4. The number of sulfone groups is 1. The Morgan fingerprint density at radius 2 is 1.20 bits per heavy atom. The summed E-state index contributed by atoms with van der Waals surface area (Å²) in [5, 5.41) is 60.4. The van der Waals surface area contributed by atoms with E-state index in [0.717, 1.165) is 0 Å². The molecule has 0 spiro atoms. The molecule has 0 bridgehead atoms. The number of nitrogens with zero attached hydrogens (tertiary/aromatic N) is 1. The van der Waals surface area contributed by atoms with E-state index in [1.807, 2.05) is 10.6 Å². The summed E-state index contributed by atoms with van der Waals surface area (Å²) in [6, 6.07) is 8.77. The van der Waals surface area contributed by atoms with Crippen molar-refractivity contribution in [1.82, 2.24) is 21.3 Å². The molecule has 11 N–H and O–H groups in total. The number of urea groups is 2. The summed E-state index contributed by atoms with van der Waals surface area (Å²) in [5.41, 5.74) is 6.17. The Balaban J connectivity index is 1.58. The van der Waals surface area contributed by atoms with Crippen molar-refractivity contribution in [3.63, 3.8) is 0 Å². The Labute approximate surface area is 249 Å². The fourth-order valence-corrected chi connectivity index (χ4v) is 7.20. The number of rotatable bonds is 8. The first-order valence-corrected chi connectivity index (χ1v) is 14.8. The van der Waals surface area contributed by atoms with Gasteiger partial charge in [0.1, 0.15) is 30.6 Å². The lowest BCUT2D eigenvalue weighted by molar-refractivity contribution is -0.163. The maximum atomic E-state index is 13.3. The van der Waals surface area contributed by atoms with Gasteiger partial charge in [0.05, 0.1) is 34.3 Å². The van der Waals surface area contributed by atoms with Crippen LogP contribution in [-0.2, 0) is 19.4 Å². The van der Waals surface area contributed by atoms with Gasteiger partial charge in [0.25, 0.3) is 0 Å². The van der Waals surface area contributed by atoms with Crippen molar-refractivity contribution in [3.8, 4) is 0 Å². The summed E-state index contributed by atoms with van der Waals surface area (Å²) >= 11 is 0. The van der Waals surface area contributed by atoms with Gasteiger partial charge in [-0.1, -0.05) is 0 Å². The predicted octanol–water partition coefficient (Wildman–Crippen LogP) is -3.46. The van der Waals surface area contributed by atoms with E-state index >= 15 is 0 Å². The molecular formula is C26H30N6O11S. The molecule has 5 rings (SSSR count). The predicted molar refractivity (Wildman–Crippen MR) is 148 cm³/mol. The molecule has 3 saturated heterocycles. The number of nitrogens with one attached hydrogen (secondary N) is 4. The maximum absolute atomic E-state index is 13.3. The number of imide groups is 2. The number of nitrogen functional groups attached to an aromatic ring is 1. The van der Waals surface area contributed by atoms with Crippen molar-refractivity contribution in [2.45, 2.75) is 46.5 Å². The molecule has 44 heavy (non-hydrogen) atoms. The van der Waals surface area contributed by atoms with Gasteiger partial charge in [0, 0.05) is 17.3 Å². The minimum absolute atomic E-state index is 0.0335. The average Bonchev–Trinajstić information content (AvgIpc) is 2.98. The number of nitrogens with two attached hydrogens (primary N) is 1. The minimum Gasteiger partial charge on any atom is -0.399 e.